The Labute approximate surface area is 115 Å². The molecule has 1 heterocycles. The molecule has 18 heavy (non-hydrogen) atoms. The molecule has 0 radical (unpaired) electrons. The van der Waals surface area contributed by atoms with Gasteiger partial charge in [0.25, 0.3) is 0 Å². The SMILES string of the molecule is CC(C)(C)C1CCN(c2ccc(CN)cc2Cl)C1. The van der Waals surface area contributed by atoms with Crippen molar-refractivity contribution in [3.05, 3.63) is 28.8 Å². The first kappa shape index (κ1) is 13.7. The molecule has 1 unspecified atom stereocenters. The summed E-state index contributed by atoms with van der Waals surface area (Å²) >= 11 is 6.35. The Balaban J connectivity index is 2.14. The van der Waals surface area contributed by atoms with Gasteiger partial charge in [0.1, 0.15) is 0 Å². The Kier molecular flexibility index (Phi) is 3.88. The molecule has 1 fully saturated rings. The van der Waals surface area contributed by atoms with Crippen LogP contribution in [0.25, 0.3) is 0 Å². The number of anilines is 1. The summed E-state index contributed by atoms with van der Waals surface area (Å²) in [6.07, 6.45) is 1.25. The minimum atomic E-state index is 0.373. The molecule has 1 aliphatic rings. The first-order chi connectivity index (χ1) is 8.41. The molecular weight excluding hydrogens is 244 g/mol. The minimum Gasteiger partial charge on any atom is -0.370 e. The lowest BCUT2D eigenvalue weighted by Crippen LogP contribution is -2.26. The number of nitrogens with two attached hydrogens (primary N) is 1. The third-order valence-electron chi connectivity index (χ3n) is 4.00. The average molecular weight is 267 g/mol. The van der Waals surface area contributed by atoms with Crippen molar-refractivity contribution in [3.63, 3.8) is 0 Å². The smallest absolute Gasteiger partial charge is 0.0642 e. The van der Waals surface area contributed by atoms with Crippen molar-refractivity contribution in [2.45, 2.75) is 33.7 Å². The van der Waals surface area contributed by atoms with Gasteiger partial charge in [-0.1, -0.05) is 38.4 Å². The van der Waals surface area contributed by atoms with Crippen LogP contribution in [0.1, 0.15) is 32.8 Å². The molecule has 1 atom stereocenters. The molecule has 2 nitrogen and oxygen atoms in total. The normalized spacial score (nSPS) is 20.5. The summed E-state index contributed by atoms with van der Waals surface area (Å²) in [6.45, 7) is 9.71. The summed E-state index contributed by atoms with van der Waals surface area (Å²) in [6, 6.07) is 6.17. The fourth-order valence-electron chi connectivity index (χ4n) is 2.62. The molecule has 1 aliphatic heterocycles. The Morgan fingerprint density at radius 2 is 2.11 bits per heavy atom. The summed E-state index contributed by atoms with van der Waals surface area (Å²) in [4.78, 5) is 2.40. The van der Waals surface area contributed by atoms with E-state index in [4.69, 9.17) is 17.3 Å². The molecule has 2 N–H and O–H groups in total. The van der Waals surface area contributed by atoms with Crippen molar-refractivity contribution in [1.82, 2.24) is 0 Å². The Bertz CT molecular complexity index is 423. The second-order valence-corrected chi connectivity index (χ2v) is 6.69. The monoisotopic (exact) mass is 266 g/mol. The van der Waals surface area contributed by atoms with Crippen LogP contribution < -0.4 is 10.6 Å². The number of hydrogen-bond donors (Lipinski definition) is 1. The van der Waals surface area contributed by atoms with E-state index < -0.39 is 0 Å². The van der Waals surface area contributed by atoms with E-state index in [9.17, 15) is 0 Å². The first-order valence-electron chi connectivity index (χ1n) is 6.65. The zero-order valence-electron chi connectivity index (χ0n) is 11.5. The van der Waals surface area contributed by atoms with E-state index in [1.54, 1.807) is 0 Å². The largest absolute Gasteiger partial charge is 0.370 e. The van der Waals surface area contributed by atoms with Crippen LogP contribution in [0.3, 0.4) is 0 Å². The second kappa shape index (κ2) is 5.10. The summed E-state index contributed by atoms with van der Waals surface area (Å²) < 4.78 is 0. The summed E-state index contributed by atoms with van der Waals surface area (Å²) in [5.41, 5.74) is 8.25. The van der Waals surface area contributed by atoms with Crippen LogP contribution in [0, 0.1) is 11.3 Å². The molecule has 0 saturated carbocycles. The standard InChI is InChI=1S/C15H23ClN2/c1-15(2,3)12-6-7-18(10-12)14-5-4-11(9-17)8-13(14)16/h4-5,8,12H,6-7,9-10,17H2,1-3H3. The minimum absolute atomic E-state index is 0.373. The topological polar surface area (TPSA) is 29.3 Å². The van der Waals surface area contributed by atoms with E-state index in [2.05, 4.69) is 37.8 Å². The van der Waals surface area contributed by atoms with Gasteiger partial charge >= 0.3 is 0 Å². The van der Waals surface area contributed by atoms with Crippen molar-refractivity contribution in [2.75, 3.05) is 18.0 Å². The molecule has 1 aromatic carbocycles. The number of hydrogen-bond acceptors (Lipinski definition) is 2. The van der Waals surface area contributed by atoms with E-state index in [0.717, 1.165) is 35.3 Å². The maximum atomic E-state index is 6.35. The van der Waals surface area contributed by atoms with Crippen molar-refractivity contribution in [3.8, 4) is 0 Å². The predicted molar refractivity (Wildman–Crippen MR) is 79.1 cm³/mol. The van der Waals surface area contributed by atoms with Crippen LogP contribution in [0.2, 0.25) is 5.02 Å². The van der Waals surface area contributed by atoms with E-state index in [1.165, 1.54) is 6.42 Å². The lowest BCUT2D eigenvalue weighted by molar-refractivity contribution is 0.263. The van der Waals surface area contributed by atoms with Crippen molar-refractivity contribution < 1.29 is 0 Å². The van der Waals surface area contributed by atoms with Crippen LogP contribution >= 0.6 is 11.6 Å². The van der Waals surface area contributed by atoms with Gasteiger partial charge in [0.05, 0.1) is 10.7 Å². The third kappa shape index (κ3) is 2.81. The van der Waals surface area contributed by atoms with Crippen molar-refractivity contribution >= 4 is 17.3 Å². The van der Waals surface area contributed by atoms with Gasteiger partial charge in [0, 0.05) is 19.6 Å². The highest BCUT2D eigenvalue weighted by Crippen LogP contribution is 2.37. The number of nitrogens with zero attached hydrogens (tertiary/aromatic N) is 1. The van der Waals surface area contributed by atoms with E-state index >= 15 is 0 Å². The fraction of sp³-hybridized carbons (Fsp3) is 0.600. The van der Waals surface area contributed by atoms with Gasteiger partial charge in [-0.05, 0) is 35.4 Å². The zero-order valence-corrected chi connectivity index (χ0v) is 12.3. The molecule has 0 bridgehead atoms. The highest BCUT2D eigenvalue weighted by Gasteiger charge is 2.32. The molecule has 2 rings (SSSR count). The van der Waals surface area contributed by atoms with Gasteiger partial charge in [-0.25, -0.2) is 0 Å². The highest BCUT2D eigenvalue weighted by molar-refractivity contribution is 6.33. The molecule has 100 valence electrons. The van der Waals surface area contributed by atoms with Gasteiger partial charge < -0.3 is 10.6 Å². The quantitative estimate of drug-likeness (QED) is 0.885. The Morgan fingerprint density at radius 1 is 1.39 bits per heavy atom. The number of halogens is 1. The summed E-state index contributed by atoms with van der Waals surface area (Å²) in [5, 5.41) is 0.826. The van der Waals surface area contributed by atoms with E-state index in [-0.39, 0.29) is 0 Å². The maximum Gasteiger partial charge on any atom is 0.0642 e. The van der Waals surface area contributed by atoms with Gasteiger partial charge in [-0.2, -0.15) is 0 Å². The van der Waals surface area contributed by atoms with Gasteiger partial charge in [-0.15, -0.1) is 0 Å². The van der Waals surface area contributed by atoms with Crippen LogP contribution in [0.4, 0.5) is 5.69 Å². The van der Waals surface area contributed by atoms with Crippen LogP contribution in [0.15, 0.2) is 18.2 Å². The van der Waals surface area contributed by atoms with Crippen molar-refractivity contribution in [2.24, 2.45) is 17.1 Å². The van der Waals surface area contributed by atoms with Crippen LogP contribution in [-0.4, -0.2) is 13.1 Å². The molecule has 0 aromatic heterocycles. The number of rotatable bonds is 2. The summed E-state index contributed by atoms with van der Waals surface area (Å²) in [5.74, 6) is 0.739. The van der Waals surface area contributed by atoms with Crippen LogP contribution in [0.5, 0.6) is 0 Å². The summed E-state index contributed by atoms with van der Waals surface area (Å²) in [7, 11) is 0. The first-order valence-corrected chi connectivity index (χ1v) is 7.03. The van der Waals surface area contributed by atoms with Crippen LogP contribution in [-0.2, 0) is 6.54 Å². The lowest BCUT2D eigenvalue weighted by Gasteiger charge is -2.27. The molecule has 0 amide bonds. The Morgan fingerprint density at radius 3 is 2.61 bits per heavy atom. The third-order valence-corrected chi connectivity index (χ3v) is 4.30. The molecule has 0 aliphatic carbocycles. The van der Waals surface area contributed by atoms with E-state index in [1.807, 2.05) is 6.07 Å². The fourth-order valence-corrected chi connectivity index (χ4v) is 2.94. The zero-order chi connectivity index (χ0) is 13.3. The second-order valence-electron chi connectivity index (χ2n) is 6.29. The highest BCUT2D eigenvalue weighted by atomic mass is 35.5. The molecule has 0 spiro atoms. The maximum absolute atomic E-state index is 6.35. The predicted octanol–water partition coefficient (Wildman–Crippen LogP) is 3.67. The van der Waals surface area contributed by atoms with Gasteiger partial charge in [0.15, 0.2) is 0 Å². The Hall–Kier alpha value is -0.730. The average Bonchev–Trinajstić information content (AvgIpc) is 2.77. The van der Waals surface area contributed by atoms with Gasteiger partial charge in [-0.3, -0.25) is 0 Å². The van der Waals surface area contributed by atoms with E-state index in [0.29, 0.717) is 12.0 Å². The molecule has 1 saturated heterocycles. The van der Waals surface area contributed by atoms with Crippen molar-refractivity contribution in [1.29, 1.82) is 0 Å². The lowest BCUT2D eigenvalue weighted by atomic mass is 9.80. The molecule has 3 heteroatoms. The molecule has 1 aromatic rings. The molecular formula is C15H23ClN2. The number of benzene rings is 1. The van der Waals surface area contributed by atoms with Gasteiger partial charge in [0.2, 0.25) is 0 Å².